The number of hydrogen-bond donors (Lipinski definition) is 0. The lowest BCUT2D eigenvalue weighted by Crippen LogP contribution is -2.01. The Morgan fingerprint density at radius 1 is 0.950 bits per heavy atom. The van der Waals surface area contributed by atoms with Crippen molar-refractivity contribution in [2.24, 2.45) is 0 Å². The zero-order valence-corrected chi connectivity index (χ0v) is 11.5. The van der Waals surface area contributed by atoms with Gasteiger partial charge in [-0.15, -0.1) is 0 Å². The lowest BCUT2D eigenvalue weighted by atomic mass is 10.0. The van der Waals surface area contributed by atoms with Gasteiger partial charge < -0.3 is 4.74 Å². The maximum atomic E-state index is 12.1. The van der Waals surface area contributed by atoms with Crippen LogP contribution in [0.25, 0.3) is 0 Å². The molecule has 2 aromatic carbocycles. The van der Waals surface area contributed by atoms with E-state index in [1.807, 2.05) is 12.1 Å². The Hall–Kier alpha value is -1.90. The van der Waals surface area contributed by atoms with Gasteiger partial charge in [0.15, 0.2) is 0 Å². The highest BCUT2D eigenvalue weighted by atomic mass is 19.3. The average Bonchev–Trinajstić information content (AvgIpc) is 2.41. The molecule has 0 fully saturated rings. The third-order valence-electron chi connectivity index (χ3n) is 3.09. The van der Waals surface area contributed by atoms with E-state index in [9.17, 15) is 8.78 Å². The van der Waals surface area contributed by atoms with Crippen LogP contribution in [0.15, 0.2) is 48.5 Å². The van der Waals surface area contributed by atoms with E-state index < -0.39 is 6.61 Å². The summed E-state index contributed by atoms with van der Waals surface area (Å²) in [6.07, 6.45) is 3.00. The van der Waals surface area contributed by atoms with Crippen LogP contribution in [0.4, 0.5) is 8.78 Å². The molecular weight excluding hydrogens is 258 g/mol. The Labute approximate surface area is 118 Å². The van der Waals surface area contributed by atoms with Gasteiger partial charge in [-0.25, -0.2) is 0 Å². The molecule has 0 heterocycles. The van der Waals surface area contributed by atoms with Crippen LogP contribution < -0.4 is 4.74 Å². The van der Waals surface area contributed by atoms with E-state index in [-0.39, 0.29) is 5.75 Å². The van der Waals surface area contributed by atoms with Gasteiger partial charge in [0.05, 0.1) is 0 Å². The van der Waals surface area contributed by atoms with Gasteiger partial charge >= 0.3 is 6.61 Å². The fourth-order valence-electron chi connectivity index (χ4n) is 2.21. The number of aryl methyl sites for hydroxylation is 1. The lowest BCUT2D eigenvalue weighted by molar-refractivity contribution is -0.0498. The lowest BCUT2D eigenvalue weighted by Gasteiger charge is -2.07. The summed E-state index contributed by atoms with van der Waals surface area (Å²) in [5.41, 5.74) is 3.65. The molecule has 0 amide bonds. The standard InChI is InChI=1S/C17H18F2O/c1-2-4-13-5-3-6-15(11-13)12-14-7-9-16(10-8-14)20-17(18)19/h3,5-11,17H,2,4,12H2,1H3. The molecule has 1 nitrogen and oxygen atoms in total. The molecule has 3 heteroatoms. The molecule has 0 bridgehead atoms. The highest BCUT2D eigenvalue weighted by molar-refractivity contribution is 5.33. The smallest absolute Gasteiger partial charge is 0.387 e. The second-order valence-electron chi connectivity index (χ2n) is 4.77. The predicted octanol–water partition coefficient (Wildman–Crippen LogP) is 4.83. The van der Waals surface area contributed by atoms with Crippen LogP contribution in [0.1, 0.15) is 30.0 Å². The van der Waals surface area contributed by atoms with Gasteiger partial charge in [-0.1, -0.05) is 49.7 Å². The molecule has 0 saturated carbocycles. The van der Waals surface area contributed by atoms with E-state index in [2.05, 4.69) is 35.9 Å². The van der Waals surface area contributed by atoms with E-state index in [0.717, 1.165) is 24.8 Å². The quantitative estimate of drug-likeness (QED) is 0.734. The van der Waals surface area contributed by atoms with Gasteiger partial charge in [-0.05, 0) is 41.7 Å². The highest BCUT2D eigenvalue weighted by Gasteiger charge is 2.04. The Balaban J connectivity index is 2.04. The molecular formula is C17H18F2O. The van der Waals surface area contributed by atoms with Crippen molar-refractivity contribution < 1.29 is 13.5 Å². The maximum absolute atomic E-state index is 12.1. The number of hydrogen-bond acceptors (Lipinski definition) is 1. The number of benzene rings is 2. The molecule has 0 aliphatic rings. The number of halogens is 2. The first-order valence-electron chi connectivity index (χ1n) is 6.79. The summed E-state index contributed by atoms with van der Waals surface area (Å²) in [4.78, 5) is 0. The van der Waals surface area contributed by atoms with E-state index in [1.54, 1.807) is 12.1 Å². The van der Waals surface area contributed by atoms with Gasteiger partial charge in [0.2, 0.25) is 0 Å². The Morgan fingerprint density at radius 2 is 1.65 bits per heavy atom. The number of alkyl halides is 2. The third-order valence-corrected chi connectivity index (χ3v) is 3.09. The first kappa shape index (κ1) is 14.5. The SMILES string of the molecule is CCCc1cccc(Cc2ccc(OC(F)F)cc2)c1. The number of rotatable bonds is 6. The molecule has 106 valence electrons. The first-order chi connectivity index (χ1) is 9.67. The second kappa shape index (κ2) is 7.04. The Kier molecular flexibility index (Phi) is 5.10. The van der Waals surface area contributed by atoms with Crippen molar-refractivity contribution in [2.45, 2.75) is 32.8 Å². The van der Waals surface area contributed by atoms with Crippen LogP contribution in [-0.2, 0) is 12.8 Å². The summed E-state index contributed by atoms with van der Waals surface area (Å²) < 4.78 is 28.5. The van der Waals surface area contributed by atoms with Crippen molar-refractivity contribution in [3.8, 4) is 5.75 Å². The minimum Gasteiger partial charge on any atom is -0.435 e. The van der Waals surface area contributed by atoms with Crippen molar-refractivity contribution in [3.63, 3.8) is 0 Å². The van der Waals surface area contributed by atoms with Crippen molar-refractivity contribution in [3.05, 3.63) is 65.2 Å². The van der Waals surface area contributed by atoms with Crippen LogP contribution in [0.2, 0.25) is 0 Å². The molecule has 2 aromatic rings. The molecule has 0 radical (unpaired) electrons. The largest absolute Gasteiger partial charge is 0.435 e. The van der Waals surface area contributed by atoms with Gasteiger partial charge in [0.1, 0.15) is 5.75 Å². The molecule has 0 unspecified atom stereocenters. The van der Waals surface area contributed by atoms with Crippen LogP contribution in [0, 0.1) is 0 Å². The fourth-order valence-corrected chi connectivity index (χ4v) is 2.21. The average molecular weight is 276 g/mol. The van der Waals surface area contributed by atoms with Gasteiger partial charge in [-0.3, -0.25) is 0 Å². The predicted molar refractivity (Wildman–Crippen MR) is 76.3 cm³/mol. The van der Waals surface area contributed by atoms with Gasteiger partial charge in [-0.2, -0.15) is 8.78 Å². The summed E-state index contributed by atoms with van der Waals surface area (Å²) in [5.74, 6) is 0.198. The fraction of sp³-hybridized carbons (Fsp3) is 0.294. The third kappa shape index (κ3) is 4.34. The van der Waals surface area contributed by atoms with Crippen molar-refractivity contribution in [1.82, 2.24) is 0 Å². The molecule has 0 spiro atoms. The van der Waals surface area contributed by atoms with Crippen molar-refractivity contribution >= 4 is 0 Å². The Bertz CT molecular complexity index is 535. The molecule has 20 heavy (non-hydrogen) atoms. The molecule has 0 N–H and O–H groups in total. The monoisotopic (exact) mass is 276 g/mol. The number of ether oxygens (including phenoxy) is 1. The summed E-state index contributed by atoms with van der Waals surface area (Å²) in [6.45, 7) is -0.611. The summed E-state index contributed by atoms with van der Waals surface area (Å²) in [5, 5.41) is 0. The highest BCUT2D eigenvalue weighted by Crippen LogP contribution is 2.18. The molecule has 0 aliphatic carbocycles. The molecule has 0 aromatic heterocycles. The zero-order valence-electron chi connectivity index (χ0n) is 11.5. The van der Waals surface area contributed by atoms with Crippen molar-refractivity contribution in [2.75, 3.05) is 0 Å². The first-order valence-corrected chi connectivity index (χ1v) is 6.79. The van der Waals surface area contributed by atoms with Gasteiger partial charge in [0, 0.05) is 0 Å². The topological polar surface area (TPSA) is 9.23 Å². The normalized spacial score (nSPS) is 10.8. The van der Waals surface area contributed by atoms with Crippen molar-refractivity contribution in [1.29, 1.82) is 0 Å². The molecule has 0 atom stereocenters. The molecule has 0 aliphatic heterocycles. The summed E-state index contributed by atoms with van der Waals surface area (Å²) in [6, 6.07) is 15.3. The minimum atomic E-state index is -2.77. The minimum absolute atomic E-state index is 0.198. The van der Waals surface area contributed by atoms with Crippen LogP contribution in [0.5, 0.6) is 5.75 Å². The van der Waals surface area contributed by atoms with Gasteiger partial charge in [0.25, 0.3) is 0 Å². The molecule has 0 saturated heterocycles. The van der Waals surface area contributed by atoms with E-state index in [1.165, 1.54) is 11.1 Å². The van der Waals surface area contributed by atoms with Crippen LogP contribution in [-0.4, -0.2) is 6.61 Å². The zero-order chi connectivity index (χ0) is 14.4. The second-order valence-corrected chi connectivity index (χ2v) is 4.77. The molecule has 2 rings (SSSR count). The van der Waals surface area contributed by atoms with E-state index >= 15 is 0 Å². The van der Waals surface area contributed by atoms with Crippen LogP contribution >= 0.6 is 0 Å². The summed E-state index contributed by atoms with van der Waals surface area (Å²) >= 11 is 0. The maximum Gasteiger partial charge on any atom is 0.387 e. The van der Waals surface area contributed by atoms with E-state index in [0.29, 0.717) is 0 Å². The van der Waals surface area contributed by atoms with E-state index in [4.69, 9.17) is 0 Å². The Morgan fingerprint density at radius 3 is 2.30 bits per heavy atom. The summed E-state index contributed by atoms with van der Waals surface area (Å²) in [7, 11) is 0. The van der Waals surface area contributed by atoms with Crippen LogP contribution in [0.3, 0.4) is 0 Å².